The quantitative estimate of drug-likeness (QED) is 0.637. The third kappa shape index (κ3) is 4.66. The minimum Gasteiger partial charge on any atom is -0.480 e. The van der Waals surface area contributed by atoms with Crippen molar-refractivity contribution in [2.24, 2.45) is 10.2 Å². The number of nitrogens with zero attached hydrogens (tertiary/aromatic N) is 5. The first-order chi connectivity index (χ1) is 10.5. The Kier molecular flexibility index (Phi) is 4.83. The van der Waals surface area contributed by atoms with Crippen LogP contribution in [-0.4, -0.2) is 37.6 Å². The molecule has 9 nitrogen and oxygen atoms in total. The number of carboxylic acid groups (broad SMARTS) is 1. The van der Waals surface area contributed by atoms with Crippen molar-refractivity contribution in [2.45, 2.75) is 44.4 Å². The van der Waals surface area contributed by atoms with E-state index in [1.165, 1.54) is 10.9 Å². The van der Waals surface area contributed by atoms with Gasteiger partial charge in [0.05, 0.1) is 12.7 Å². The molecule has 2 N–H and O–H groups in total. The van der Waals surface area contributed by atoms with Crippen molar-refractivity contribution >= 4 is 11.9 Å². The van der Waals surface area contributed by atoms with Gasteiger partial charge in [-0.1, -0.05) is 5.21 Å². The number of amides is 1. The van der Waals surface area contributed by atoms with Gasteiger partial charge >= 0.3 is 5.97 Å². The molecule has 22 heavy (non-hydrogen) atoms. The van der Waals surface area contributed by atoms with Gasteiger partial charge < -0.3 is 10.4 Å². The summed E-state index contributed by atoms with van der Waals surface area (Å²) >= 11 is 0. The number of hydrogen-bond acceptors (Lipinski definition) is 6. The predicted molar refractivity (Wildman–Crippen MR) is 74.4 cm³/mol. The average Bonchev–Trinajstić information content (AvgIpc) is 3.12. The summed E-state index contributed by atoms with van der Waals surface area (Å²) < 4.78 is 1.20. The topological polar surface area (TPSA) is 122 Å². The zero-order valence-corrected chi connectivity index (χ0v) is 11.9. The Labute approximate surface area is 126 Å². The Morgan fingerprint density at radius 2 is 2.18 bits per heavy atom. The first-order valence-corrected chi connectivity index (χ1v) is 6.78. The van der Waals surface area contributed by atoms with Gasteiger partial charge in [-0.05, 0) is 0 Å². The molecule has 0 atom stereocenters. The number of carboxylic acids is 1. The van der Waals surface area contributed by atoms with Crippen molar-refractivity contribution in [3.8, 4) is 12.3 Å². The molecule has 0 aromatic carbocycles. The van der Waals surface area contributed by atoms with Crippen LogP contribution in [0.4, 0.5) is 0 Å². The second-order valence-electron chi connectivity index (χ2n) is 4.96. The maximum absolute atomic E-state index is 11.8. The smallest absolute Gasteiger partial charge is 0.325 e. The lowest BCUT2D eigenvalue weighted by Gasteiger charge is -2.08. The fourth-order valence-corrected chi connectivity index (χ4v) is 1.89. The lowest BCUT2D eigenvalue weighted by atomic mass is 10.0. The number of carbonyl (C=O) groups excluding carboxylic acids is 1. The normalized spacial score (nSPS) is 14.3. The molecule has 116 valence electrons. The van der Waals surface area contributed by atoms with E-state index in [9.17, 15) is 9.59 Å². The van der Waals surface area contributed by atoms with Crippen molar-refractivity contribution in [3.63, 3.8) is 0 Å². The molecule has 0 radical (unpaired) electrons. The highest BCUT2D eigenvalue weighted by Gasteiger charge is 2.39. The van der Waals surface area contributed by atoms with Gasteiger partial charge in [0, 0.05) is 25.7 Å². The Bertz CT molecular complexity index is 624. The highest BCUT2D eigenvalue weighted by molar-refractivity contribution is 5.75. The van der Waals surface area contributed by atoms with Crippen LogP contribution in [0, 0.1) is 12.3 Å². The van der Waals surface area contributed by atoms with Crippen LogP contribution in [0.3, 0.4) is 0 Å². The molecule has 0 unspecified atom stereocenters. The number of aromatic nitrogens is 3. The summed E-state index contributed by atoms with van der Waals surface area (Å²) in [4.78, 5) is 22.3. The summed E-state index contributed by atoms with van der Waals surface area (Å²) in [5.74, 6) is 1.38. The Hall–Kier alpha value is -2.76. The Balaban J connectivity index is 1.68. The zero-order valence-electron chi connectivity index (χ0n) is 11.9. The van der Waals surface area contributed by atoms with Crippen molar-refractivity contribution in [1.29, 1.82) is 0 Å². The number of carbonyl (C=O) groups is 2. The van der Waals surface area contributed by atoms with E-state index in [1.54, 1.807) is 0 Å². The van der Waals surface area contributed by atoms with E-state index in [2.05, 4.69) is 31.8 Å². The minimum absolute atomic E-state index is 0.148. The maximum Gasteiger partial charge on any atom is 0.325 e. The van der Waals surface area contributed by atoms with Crippen LogP contribution in [0.5, 0.6) is 0 Å². The van der Waals surface area contributed by atoms with E-state index in [0.717, 1.165) is 0 Å². The van der Waals surface area contributed by atoms with Crippen molar-refractivity contribution in [1.82, 2.24) is 20.3 Å². The van der Waals surface area contributed by atoms with Gasteiger partial charge in [0.2, 0.25) is 5.91 Å². The van der Waals surface area contributed by atoms with E-state index >= 15 is 0 Å². The molecule has 1 amide bonds. The molecule has 9 heteroatoms. The van der Waals surface area contributed by atoms with Crippen LogP contribution < -0.4 is 5.32 Å². The average molecular weight is 304 g/mol. The minimum atomic E-state index is -1.00. The molecule has 1 aromatic heterocycles. The van der Waals surface area contributed by atoms with Gasteiger partial charge in [-0.2, -0.15) is 10.2 Å². The Morgan fingerprint density at radius 3 is 2.82 bits per heavy atom. The van der Waals surface area contributed by atoms with Crippen molar-refractivity contribution in [2.75, 3.05) is 0 Å². The maximum atomic E-state index is 11.8. The summed E-state index contributed by atoms with van der Waals surface area (Å²) in [5.41, 5.74) is 0.0337. The van der Waals surface area contributed by atoms with Crippen molar-refractivity contribution in [3.05, 3.63) is 11.9 Å². The van der Waals surface area contributed by atoms with E-state index in [4.69, 9.17) is 11.5 Å². The molecular weight excluding hydrogens is 288 g/mol. The third-order valence-electron chi connectivity index (χ3n) is 3.16. The van der Waals surface area contributed by atoms with Crippen LogP contribution in [0.25, 0.3) is 0 Å². The van der Waals surface area contributed by atoms with Crippen LogP contribution in [0.1, 0.15) is 31.4 Å². The summed E-state index contributed by atoms with van der Waals surface area (Å²) in [5, 5.41) is 26.7. The number of terminal acetylenes is 1. The monoisotopic (exact) mass is 304 g/mol. The van der Waals surface area contributed by atoms with Gasteiger partial charge in [-0.25, -0.2) is 4.68 Å². The van der Waals surface area contributed by atoms with Gasteiger partial charge in [0.1, 0.15) is 12.2 Å². The van der Waals surface area contributed by atoms with Crippen molar-refractivity contribution < 1.29 is 14.7 Å². The molecule has 1 aliphatic heterocycles. The number of aliphatic carboxylic acids is 1. The first kappa shape index (κ1) is 15.6. The standard InChI is InChI=1S/C13H16N6O3/c1-2-3-5-13(16-17-13)6-4-11(20)14-7-10-8-19(18-15-10)9-12(21)22/h1,8H,3-7,9H2,(H,14,20)(H,21,22). The number of hydrogen-bond donors (Lipinski definition) is 2. The lowest BCUT2D eigenvalue weighted by Crippen LogP contribution is -2.25. The van der Waals surface area contributed by atoms with Crippen LogP contribution >= 0.6 is 0 Å². The van der Waals surface area contributed by atoms with Crippen LogP contribution in [-0.2, 0) is 22.7 Å². The van der Waals surface area contributed by atoms with Gasteiger partial charge in [-0.3, -0.25) is 9.59 Å². The van der Waals surface area contributed by atoms with Gasteiger partial charge in [0.25, 0.3) is 0 Å². The molecule has 2 rings (SSSR count). The molecule has 1 aliphatic rings. The Morgan fingerprint density at radius 1 is 1.41 bits per heavy atom. The fraction of sp³-hybridized carbons (Fsp3) is 0.538. The van der Waals surface area contributed by atoms with Crippen LogP contribution in [0.15, 0.2) is 16.4 Å². The molecule has 0 saturated carbocycles. The molecule has 0 bridgehead atoms. The van der Waals surface area contributed by atoms with Gasteiger partial charge in [0.15, 0.2) is 5.66 Å². The summed E-state index contributed by atoms with van der Waals surface area (Å²) in [7, 11) is 0. The van der Waals surface area contributed by atoms with E-state index in [1.807, 2.05) is 0 Å². The zero-order chi connectivity index (χ0) is 16.0. The van der Waals surface area contributed by atoms with Gasteiger partial charge in [-0.15, -0.1) is 17.4 Å². The summed E-state index contributed by atoms with van der Waals surface area (Å²) in [6.07, 6.45) is 8.76. The highest BCUT2D eigenvalue weighted by Crippen LogP contribution is 2.37. The molecule has 0 fully saturated rings. The molecule has 2 heterocycles. The molecule has 0 saturated heterocycles. The predicted octanol–water partition coefficient (Wildman–Crippen LogP) is 0.335. The number of nitrogens with one attached hydrogen (secondary N) is 1. The number of rotatable bonds is 9. The first-order valence-electron chi connectivity index (χ1n) is 6.78. The van der Waals surface area contributed by atoms with E-state index < -0.39 is 11.6 Å². The summed E-state index contributed by atoms with van der Waals surface area (Å²) in [6.45, 7) is -0.0637. The van der Waals surface area contributed by atoms with Crippen LogP contribution in [0.2, 0.25) is 0 Å². The van der Waals surface area contributed by atoms with E-state index in [-0.39, 0.29) is 19.0 Å². The molecule has 1 aromatic rings. The second-order valence-corrected chi connectivity index (χ2v) is 4.96. The lowest BCUT2D eigenvalue weighted by molar-refractivity contribution is -0.138. The fourth-order valence-electron chi connectivity index (χ4n) is 1.89. The molecule has 0 aliphatic carbocycles. The van der Waals surface area contributed by atoms with E-state index in [0.29, 0.717) is 31.4 Å². The largest absolute Gasteiger partial charge is 0.480 e. The second kappa shape index (κ2) is 6.80. The highest BCUT2D eigenvalue weighted by atomic mass is 16.4. The molecule has 0 spiro atoms. The third-order valence-corrected chi connectivity index (χ3v) is 3.16. The molecular formula is C13H16N6O3. The summed E-state index contributed by atoms with van der Waals surface area (Å²) in [6, 6.07) is 0. The SMILES string of the molecule is C#CCCC1(CCC(=O)NCc2cn(CC(=O)O)nn2)N=N1.